The van der Waals surface area contributed by atoms with Crippen molar-refractivity contribution in [1.29, 1.82) is 0 Å². The Balaban J connectivity index is 1.68. The molecule has 0 spiro atoms. The summed E-state index contributed by atoms with van der Waals surface area (Å²) in [5.41, 5.74) is 1.19. The molecule has 0 saturated carbocycles. The van der Waals surface area contributed by atoms with Crippen LogP contribution in [0.5, 0.6) is 0 Å². The fourth-order valence-corrected chi connectivity index (χ4v) is 3.91. The number of nitrogens with one attached hydrogen (secondary N) is 1. The van der Waals surface area contributed by atoms with Gasteiger partial charge in [0.2, 0.25) is 10.0 Å². The molecule has 1 saturated heterocycles. The van der Waals surface area contributed by atoms with E-state index in [1.807, 2.05) is 18.2 Å². The normalized spacial score (nSPS) is 15.7. The first-order chi connectivity index (χ1) is 12.9. The maximum absolute atomic E-state index is 12.8. The van der Waals surface area contributed by atoms with Gasteiger partial charge in [0.15, 0.2) is 0 Å². The summed E-state index contributed by atoms with van der Waals surface area (Å²) < 4.78 is 26.2. The minimum atomic E-state index is -3.64. The van der Waals surface area contributed by atoms with Crippen LogP contribution in [0.3, 0.4) is 0 Å². The average Bonchev–Trinajstić information content (AvgIpc) is 2.69. The third-order valence-electron chi connectivity index (χ3n) is 4.52. The second kappa shape index (κ2) is 8.35. The van der Waals surface area contributed by atoms with Gasteiger partial charge in [-0.25, -0.2) is 13.1 Å². The molecule has 1 amide bonds. The van der Waals surface area contributed by atoms with E-state index in [1.54, 1.807) is 11.1 Å². The van der Waals surface area contributed by atoms with Crippen LogP contribution in [0.15, 0.2) is 47.5 Å². The van der Waals surface area contributed by atoms with Crippen molar-refractivity contribution in [3.63, 3.8) is 0 Å². The molecule has 2 aromatic rings. The second-order valence-electron chi connectivity index (χ2n) is 6.24. The van der Waals surface area contributed by atoms with Gasteiger partial charge in [-0.05, 0) is 37.4 Å². The molecule has 1 fully saturated rings. The minimum absolute atomic E-state index is 0.0199. The van der Waals surface area contributed by atoms with Crippen LogP contribution in [-0.4, -0.2) is 62.3 Å². The number of hydrogen-bond donors (Lipinski definition) is 1. The maximum Gasteiger partial charge on any atom is 0.255 e. The maximum atomic E-state index is 12.8. The summed E-state index contributed by atoms with van der Waals surface area (Å²) in [6, 6.07) is 9.97. The van der Waals surface area contributed by atoms with Crippen LogP contribution >= 0.6 is 11.6 Å². The number of rotatable bonds is 5. The monoisotopic (exact) mass is 408 g/mol. The average molecular weight is 409 g/mol. The molecule has 3 rings (SSSR count). The number of carbonyl (C=O) groups excluding carboxylic acids is 1. The van der Waals surface area contributed by atoms with Gasteiger partial charge in [0, 0.05) is 38.9 Å². The Kier molecular flexibility index (Phi) is 6.11. The molecule has 1 N–H and O–H groups in total. The molecule has 0 atom stereocenters. The highest BCUT2D eigenvalue weighted by Gasteiger charge is 2.25. The van der Waals surface area contributed by atoms with E-state index in [0.717, 1.165) is 12.2 Å². The summed E-state index contributed by atoms with van der Waals surface area (Å²) in [7, 11) is -2.31. The van der Waals surface area contributed by atoms with Gasteiger partial charge in [-0.1, -0.05) is 17.7 Å². The molecule has 9 heteroatoms. The second-order valence-corrected chi connectivity index (χ2v) is 8.53. The van der Waals surface area contributed by atoms with E-state index in [9.17, 15) is 13.2 Å². The Hall–Kier alpha value is -2.00. The molecule has 27 heavy (non-hydrogen) atoms. The first kappa shape index (κ1) is 19.8. The summed E-state index contributed by atoms with van der Waals surface area (Å²) in [6.45, 7) is 3.26. The molecule has 0 bridgehead atoms. The molecule has 0 radical (unpaired) electrons. The molecule has 1 aliphatic heterocycles. The number of aromatic nitrogens is 1. The van der Waals surface area contributed by atoms with E-state index in [0.29, 0.717) is 26.2 Å². The molecular formula is C18H21ClN4O3S. The van der Waals surface area contributed by atoms with Gasteiger partial charge in [-0.3, -0.25) is 14.7 Å². The largest absolute Gasteiger partial charge is 0.336 e. The highest BCUT2D eigenvalue weighted by Crippen LogP contribution is 2.22. The first-order valence-electron chi connectivity index (χ1n) is 8.55. The Labute approximate surface area is 164 Å². The molecule has 2 heterocycles. The number of carbonyl (C=O) groups is 1. The number of hydrogen-bond acceptors (Lipinski definition) is 5. The molecule has 0 aliphatic carbocycles. The van der Waals surface area contributed by atoms with Crippen LogP contribution < -0.4 is 4.72 Å². The van der Waals surface area contributed by atoms with Crippen LogP contribution in [-0.2, 0) is 16.6 Å². The number of pyridine rings is 1. The van der Waals surface area contributed by atoms with Crippen molar-refractivity contribution in [2.75, 3.05) is 33.2 Å². The standard InChI is InChI=1S/C18H21ClN4O3S/c1-20-27(25,26)15-5-6-17(19)16(12-15)18(24)23-10-8-22(9-11-23)13-14-4-2-3-7-21-14/h2-7,12,20H,8-11,13H2,1H3. The van der Waals surface area contributed by atoms with Gasteiger partial charge in [0.1, 0.15) is 0 Å². The molecule has 1 aliphatic rings. The van der Waals surface area contributed by atoms with Gasteiger partial charge in [0.05, 0.1) is 21.2 Å². The zero-order valence-corrected chi connectivity index (χ0v) is 16.5. The van der Waals surface area contributed by atoms with Gasteiger partial charge >= 0.3 is 0 Å². The van der Waals surface area contributed by atoms with E-state index in [1.165, 1.54) is 25.2 Å². The lowest BCUT2D eigenvalue weighted by molar-refractivity contribution is 0.0627. The molecular weight excluding hydrogens is 388 g/mol. The van der Waals surface area contributed by atoms with E-state index in [-0.39, 0.29) is 21.4 Å². The van der Waals surface area contributed by atoms with Crippen LogP contribution in [0.25, 0.3) is 0 Å². The fraction of sp³-hybridized carbons (Fsp3) is 0.333. The topological polar surface area (TPSA) is 82.6 Å². The lowest BCUT2D eigenvalue weighted by Gasteiger charge is -2.34. The predicted molar refractivity (Wildman–Crippen MR) is 103 cm³/mol. The van der Waals surface area contributed by atoms with Crippen LogP contribution in [0.2, 0.25) is 5.02 Å². The van der Waals surface area contributed by atoms with Gasteiger partial charge in [-0.2, -0.15) is 0 Å². The highest BCUT2D eigenvalue weighted by molar-refractivity contribution is 7.89. The third kappa shape index (κ3) is 4.65. The number of piperazine rings is 1. The molecule has 1 aromatic carbocycles. The smallest absolute Gasteiger partial charge is 0.255 e. The first-order valence-corrected chi connectivity index (χ1v) is 10.4. The van der Waals surface area contributed by atoms with Gasteiger partial charge < -0.3 is 4.90 Å². The van der Waals surface area contributed by atoms with Crippen molar-refractivity contribution < 1.29 is 13.2 Å². The van der Waals surface area contributed by atoms with Crippen molar-refractivity contribution in [3.05, 3.63) is 58.9 Å². The zero-order valence-electron chi connectivity index (χ0n) is 14.9. The zero-order chi connectivity index (χ0) is 19.4. The van der Waals surface area contributed by atoms with E-state index in [2.05, 4.69) is 14.6 Å². The Morgan fingerprint density at radius 1 is 1.19 bits per heavy atom. The van der Waals surface area contributed by atoms with Crippen molar-refractivity contribution in [1.82, 2.24) is 19.5 Å². The van der Waals surface area contributed by atoms with E-state index >= 15 is 0 Å². The summed E-state index contributed by atoms with van der Waals surface area (Å²) in [5, 5.41) is 0.242. The summed E-state index contributed by atoms with van der Waals surface area (Å²) in [5.74, 6) is -0.259. The van der Waals surface area contributed by atoms with Crippen molar-refractivity contribution in [2.45, 2.75) is 11.4 Å². The van der Waals surface area contributed by atoms with Crippen molar-refractivity contribution in [3.8, 4) is 0 Å². The van der Waals surface area contributed by atoms with E-state index in [4.69, 9.17) is 11.6 Å². The number of sulfonamides is 1. The predicted octanol–water partition coefficient (Wildman–Crippen LogP) is 1.60. The molecule has 144 valence electrons. The Morgan fingerprint density at radius 2 is 1.93 bits per heavy atom. The lowest BCUT2D eigenvalue weighted by Crippen LogP contribution is -2.48. The summed E-state index contributed by atoms with van der Waals surface area (Å²) in [6.07, 6.45) is 1.77. The third-order valence-corrected chi connectivity index (χ3v) is 6.26. The van der Waals surface area contributed by atoms with Crippen molar-refractivity contribution in [2.24, 2.45) is 0 Å². The van der Waals surface area contributed by atoms with Gasteiger partial charge in [-0.15, -0.1) is 0 Å². The number of nitrogens with zero attached hydrogens (tertiary/aromatic N) is 3. The summed E-state index contributed by atoms with van der Waals surface area (Å²) in [4.78, 5) is 21.1. The van der Waals surface area contributed by atoms with Gasteiger partial charge in [0.25, 0.3) is 5.91 Å². The molecule has 1 aromatic heterocycles. The minimum Gasteiger partial charge on any atom is -0.336 e. The van der Waals surface area contributed by atoms with Crippen LogP contribution in [0.4, 0.5) is 0 Å². The number of halogens is 1. The van der Waals surface area contributed by atoms with E-state index < -0.39 is 10.0 Å². The van der Waals surface area contributed by atoms with Crippen molar-refractivity contribution >= 4 is 27.5 Å². The number of amides is 1. The number of benzene rings is 1. The molecule has 0 unspecified atom stereocenters. The quantitative estimate of drug-likeness (QED) is 0.812. The van der Waals surface area contributed by atoms with Crippen LogP contribution in [0, 0.1) is 0 Å². The Bertz CT molecular complexity index is 913. The lowest BCUT2D eigenvalue weighted by atomic mass is 10.1. The summed E-state index contributed by atoms with van der Waals surface area (Å²) >= 11 is 6.16. The fourth-order valence-electron chi connectivity index (χ4n) is 2.95. The highest BCUT2D eigenvalue weighted by atomic mass is 35.5. The SMILES string of the molecule is CNS(=O)(=O)c1ccc(Cl)c(C(=O)N2CCN(Cc3ccccn3)CC2)c1. The molecule has 7 nitrogen and oxygen atoms in total. The Morgan fingerprint density at radius 3 is 2.56 bits per heavy atom. The van der Waals surface area contributed by atoms with Crippen LogP contribution in [0.1, 0.15) is 16.1 Å².